The molecule has 0 spiro atoms. The van der Waals surface area contributed by atoms with Gasteiger partial charge in [-0.15, -0.1) is 0 Å². The fraction of sp³-hybridized carbons (Fsp3) is 0.133. The minimum atomic E-state index is -1.56. The van der Waals surface area contributed by atoms with E-state index in [1.165, 1.54) is 42.7 Å². The van der Waals surface area contributed by atoms with Crippen molar-refractivity contribution in [2.24, 2.45) is 0 Å². The van der Waals surface area contributed by atoms with Crippen LogP contribution in [-0.2, 0) is 0 Å². The number of nitrogens with zero attached hydrogens (tertiary/aromatic N) is 2. The molecule has 12 rings (SSSR count). The maximum Gasteiger partial charge on any atom is 0.159 e. The summed E-state index contributed by atoms with van der Waals surface area (Å²) in [5, 5.41) is 14.6. The Kier molecular flexibility index (Phi) is 8.99. The smallest absolute Gasteiger partial charge is 0.159 e. The van der Waals surface area contributed by atoms with Gasteiger partial charge in [-0.05, 0) is 95.1 Å². The molecular weight excluding hydrogens is 837 g/mol. The largest absolute Gasteiger partial charge is 0.454 e. The van der Waals surface area contributed by atoms with E-state index in [-0.39, 0.29) is 0 Å². The molecule has 2 aromatic heterocycles. The van der Waals surface area contributed by atoms with Crippen molar-refractivity contribution in [2.45, 2.75) is 53.1 Å². The third-order valence-electron chi connectivity index (χ3n) is 14.0. The third-order valence-corrected chi connectivity index (χ3v) is 18.1. The normalized spacial score (nSPS) is 12.5. The second-order valence-corrected chi connectivity index (χ2v) is 30.4. The van der Waals surface area contributed by atoms with E-state index >= 15 is 0 Å². The molecule has 0 saturated carbocycles. The first-order valence-corrected chi connectivity index (χ1v) is 30.2. The predicted molar refractivity (Wildman–Crippen MR) is 290 cm³/mol. The maximum atomic E-state index is 6.90. The summed E-state index contributed by atoms with van der Waals surface area (Å²) in [5.41, 5.74) is 12.3. The average Bonchev–Trinajstić information content (AvgIpc) is 3.90. The summed E-state index contributed by atoms with van der Waals surface area (Å²) in [5.74, 6) is 0. The number of aryl methyl sites for hydroxylation is 2. The lowest BCUT2D eigenvalue weighted by atomic mass is 9.91. The molecule has 0 aliphatic heterocycles. The quantitative estimate of drug-likeness (QED) is 0.112. The summed E-state index contributed by atoms with van der Waals surface area (Å²) in [6.45, 7) is 18.7. The van der Waals surface area contributed by atoms with Crippen molar-refractivity contribution in [3.8, 4) is 0 Å². The summed E-state index contributed by atoms with van der Waals surface area (Å²) in [6, 6.07) is 63.1. The van der Waals surface area contributed by atoms with E-state index in [4.69, 9.17) is 8.83 Å². The lowest BCUT2D eigenvalue weighted by Gasteiger charge is -2.30. The molecule has 4 nitrogen and oxygen atoms in total. The molecule has 12 aromatic rings. The zero-order valence-corrected chi connectivity index (χ0v) is 40.9. The summed E-state index contributed by atoms with van der Waals surface area (Å²) in [4.78, 5) is 4.86. The standard InChI is InChI=1S/C60H52N2O2Si2/c1-37-13-9-15-45-47-17-11-19-53(59(47)63-57(37)45)61(41-25-29-43(30-26-41)65(3,4)5)51-35-23-39-22-34-50-52(36-24-40-21-33-49(51)55(39)56(40)50)62(42-27-31-44(32-28-42)66(6,7)8)54-20-12-18-48-46-16-10-14-38(2)58(46)64-60(48)54/h9-36H,1-8H3. The van der Waals surface area contributed by atoms with Gasteiger partial charge in [0.15, 0.2) is 11.2 Å². The van der Waals surface area contributed by atoms with Crippen LogP contribution in [0.4, 0.5) is 34.1 Å². The summed E-state index contributed by atoms with van der Waals surface area (Å²) >= 11 is 0. The van der Waals surface area contributed by atoms with E-state index in [1.54, 1.807) is 0 Å². The molecule has 0 N–H and O–H groups in total. The van der Waals surface area contributed by atoms with E-state index < -0.39 is 16.1 Å². The minimum Gasteiger partial charge on any atom is -0.454 e. The predicted octanol–water partition coefficient (Wildman–Crippen LogP) is 17.0. The Morgan fingerprint density at radius 2 is 0.667 bits per heavy atom. The van der Waals surface area contributed by atoms with Crippen LogP contribution in [0.5, 0.6) is 0 Å². The number of anilines is 6. The van der Waals surface area contributed by atoms with Crippen LogP contribution in [0.1, 0.15) is 11.1 Å². The highest BCUT2D eigenvalue weighted by Crippen LogP contribution is 2.50. The molecule has 0 radical (unpaired) electrons. The number of fused-ring (bicyclic) bond motifs is 6. The van der Waals surface area contributed by atoms with Gasteiger partial charge < -0.3 is 18.6 Å². The van der Waals surface area contributed by atoms with Crippen LogP contribution in [0, 0.1) is 13.8 Å². The van der Waals surface area contributed by atoms with Gasteiger partial charge in [0.25, 0.3) is 0 Å². The zero-order chi connectivity index (χ0) is 45.2. The van der Waals surface area contributed by atoms with E-state index in [9.17, 15) is 0 Å². The Hall–Kier alpha value is -7.13. The molecule has 6 heteroatoms. The molecule has 0 bridgehead atoms. The van der Waals surface area contributed by atoms with Crippen molar-refractivity contribution in [3.63, 3.8) is 0 Å². The van der Waals surface area contributed by atoms with Gasteiger partial charge in [-0.2, -0.15) is 0 Å². The Bertz CT molecular complexity index is 3610. The minimum absolute atomic E-state index is 0.884. The Morgan fingerprint density at radius 1 is 0.318 bits per heavy atom. The molecule has 0 fully saturated rings. The topological polar surface area (TPSA) is 32.8 Å². The zero-order valence-electron chi connectivity index (χ0n) is 38.9. The molecule has 322 valence electrons. The number of para-hydroxylation sites is 4. The average molecular weight is 889 g/mol. The van der Waals surface area contributed by atoms with Gasteiger partial charge >= 0.3 is 0 Å². The van der Waals surface area contributed by atoms with E-state index in [0.29, 0.717) is 0 Å². The van der Waals surface area contributed by atoms with Crippen LogP contribution in [-0.4, -0.2) is 16.1 Å². The van der Waals surface area contributed by atoms with Gasteiger partial charge in [-0.1, -0.05) is 171 Å². The monoisotopic (exact) mass is 888 g/mol. The molecule has 10 aromatic carbocycles. The maximum absolute atomic E-state index is 6.90. The van der Waals surface area contributed by atoms with Crippen molar-refractivity contribution in [1.29, 1.82) is 0 Å². The molecule has 2 heterocycles. The number of benzene rings is 10. The molecule has 0 amide bonds. The highest BCUT2D eigenvalue weighted by molar-refractivity contribution is 6.89. The molecular formula is C60H52N2O2Si2. The second kappa shape index (κ2) is 14.7. The van der Waals surface area contributed by atoms with Gasteiger partial charge in [-0.25, -0.2) is 0 Å². The Balaban J connectivity index is 1.12. The van der Waals surface area contributed by atoms with Gasteiger partial charge in [0, 0.05) is 43.7 Å². The first-order chi connectivity index (χ1) is 31.8. The highest BCUT2D eigenvalue weighted by Gasteiger charge is 2.27. The molecule has 0 aliphatic carbocycles. The first kappa shape index (κ1) is 40.4. The summed E-state index contributed by atoms with van der Waals surface area (Å²) in [7, 11) is -3.11. The third kappa shape index (κ3) is 6.23. The van der Waals surface area contributed by atoms with Crippen LogP contribution >= 0.6 is 0 Å². The van der Waals surface area contributed by atoms with E-state index in [2.05, 4.69) is 233 Å². The fourth-order valence-corrected chi connectivity index (χ4v) is 12.8. The number of hydrogen-bond acceptors (Lipinski definition) is 4. The number of rotatable bonds is 8. The number of hydrogen-bond donors (Lipinski definition) is 0. The van der Waals surface area contributed by atoms with Crippen molar-refractivity contribution < 1.29 is 8.83 Å². The molecule has 0 atom stereocenters. The first-order valence-electron chi connectivity index (χ1n) is 23.2. The molecule has 0 aliphatic rings. The van der Waals surface area contributed by atoms with Crippen molar-refractivity contribution in [3.05, 3.63) is 181 Å². The van der Waals surface area contributed by atoms with Gasteiger partial charge in [0.2, 0.25) is 0 Å². The highest BCUT2D eigenvalue weighted by atomic mass is 28.3. The lowest BCUT2D eigenvalue weighted by Crippen LogP contribution is -2.37. The summed E-state index contributed by atoms with van der Waals surface area (Å²) < 4.78 is 13.8. The van der Waals surface area contributed by atoms with Crippen LogP contribution in [0.15, 0.2) is 179 Å². The van der Waals surface area contributed by atoms with Gasteiger partial charge in [-0.3, -0.25) is 0 Å². The van der Waals surface area contributed by atoms with Crippen LogP contribution in [0.2, 0.25) is 39.3 Å². The van der Waals surface area contributed by atoms with Gasteiger partial charge in [0.1, 0.15) is 11.2 Å². The second-order valence-electron chi connectivity index (χ2n) is 20.3. The number of furan rings is 2. The van der Waals surface area contributed by atoms with Crippen LogP contribution < -0.4 is 20.2 Å². The summed E-state index contributed by atoms with van der Waals surface area (Å²) in [6.07, 6.45) is 0. The lowest BCUT2D eigenvalue weighted by molar-refractivity contribution is 0.665. The van der Waals surface area contributed by atoms with Gasteiger partial charge in [0.05, 0.1) is 38.9 Å². The van der Waals surface area contributed by atoms with Crippen molar-refractivity contribution >= 4 is 137 Å². The van der Waals surface area contributed by atoms with Crippen molar-refractivity contribution in [2.75, 3.05) is 9.80 Å². The van der Waals surface area contributed by atoms with E-state index in [1.807, 2.05) is 0 Å². The van der Waals surface area contributed by atoms with Crippen LogP contribution in [0.3, 0.4) is 0 Å². The fourth-order valence-electron chi connectivity index (χ4n) is 10.4. The molecule has 0 unspecified atom stereocenters. The van der Waals surface area contributed by atoms with E-state index in [0.717, 1.165) is 89.1 Å². The van der Waals surface area contributed by atoms with Crippen molar-refractivity contribution in [1.82, 2.24) is 0 Å². The van der Waals surface area contributed by atoms with Crippen LogP contribution in [0.25, 0.3) is 76.2 Å². The SMILES string of the molecule is Cc1cccc2c1oc1c(N(c3ccc([Si](C)(C)C)cc3)c3ccc4ccc5c(N(c6ccc([Si](C)(C)C)cc6)c6cccc7c6oc6c(C)cccc67)ccc6ccc3c4c65)cccc12. The molecule has 66 heavy (non-hydrogen) atoms. The Labute approximate surface area is 387 Å². The Morgan fingerprint density at radius 3 is 1.05 bits per heavy atom. The molecule has 0 saturated heterocycles.